The van der Waals surface area contributed by atoms with Gasteiger partial charge in [0.1, 0.15) is 0 Å². The molecule has 1 amide bonds. The highest BCUT2D eigenvalue weighted by atomic mass is 16.5. The first-order valence-electron chi connectivity index (χ1n) is 9.43. The number of nitrogens with zero attached hydrogens (tertiary/aromatic N) is 2. The van der Waals surface area contributed by atoms with Gasteiger partial charge in [-0.05, 0) is 57.9 Å². The van der Waals surface area contributed by atoms with E-state index in [1.807, 2.05) is 17.9 Å². The number of rotatable bonds is 8. The predicted octanol–water partition coefficient (Wildman–Crippen LogP) is 3.17. The number of hydrogen-bond acceptors (Lipinski definition) is 4. The first kappa shape index (κ1) is 19.6. The fraction of sp³-hybridized carbons (Fsp3) is 0.650. The Morgan fingerprint density at radius 1 is 1.24 bits per heavy atom. The summed E-state index contributed by atoms with van der Waals surface area (Å²) in [5.41, 5.74) is 1.19. The van der Waals surface area contributed by atoms with Crippen molar-refractivity contribution in [1.29, 1.82) is 0 Å². The van der Waals surface area contributed by atoms with Gasteiger partial charge < -0.3 is 14.4 Å². The maximum atomic E-state index is 12.6. The predicted molar refractivity (Wildman–Crippen MR) is 100 cm³/mol. The maximum absolute atomic E-state index is 12.6. The van der Waals surface area contributed by atoms with Crippen molar-refractivity contribution < 1.29 is 14.3 Å². The Morgan fingerprint density at radius 2 is 2.00 bits per heavy atom. The molecule has 5 nitrogen and oxygen atoms in total. The summed E-state index contributed by atoms with van der Waals surface area (Å²) in [5, 5.41) is 0. The van der Waals surface area contributed by atoms with Gasteiger partial charge in [0.05, 0.1) is 19.6 Å². The van der Waals surface area contributed by atoms with Crippen molar-refractivity contribution in [2.24, 2.45) is 5.92 Å². The second kappa shape index (κ2) is 9.66. The molecule has 1 heterocycles. The van der Waals surface area contributed by atoms with Gasteiger partial charge in [-0.1, -0.05) is 6.07 Å². The van der Waals surface area contributed by atoms with Crippen LogP contribution in [-0.2, 0) is 11.3 Å². The fourth-order valence-electron chi connectivity index (χ4n) is 3.54. The van der Waals surface area contributed by atoms with Crippen molar-refractivity contribution >= 4 is 5.91 Å². The number of carbonyl (C=O) groups is 1. The molecule has 0 radical (unpaired) electrons. The number of amides is 1. The van der Waals surface area contributed by atoms with Crippen LogP contribution in [-0.4, -0.2) is 55.6 Å². The molecule has 1 fully saturated rings. The highest BCUT2D eigenvalue weighted by Gasteiger charge is 2.28. The minimum atomic E-state index is 0.123. The number of carbonyl (C=O) groups excluding carboxylic acids is 1. The van der Waals surface area contributed by atoms with E-state index in [9.17, 15) is 4.79 Å². The standard InChI is InChI=1S/C20H32N2O3/c1-5-22(6-2)20(23)17-9-8-12-21(15-17)14-16-10-11-18(24-4)19(13-16)25-7-3/h10-11,13,17H,5-9,12,14-15H2,1-4H3. The van der Waals surface area contributed by atoms with Gasteiger partial charge in [0.25, 0.3) is 0 Å². The quantitative estimate of drug-likeness (QED) is 0.724. The van der Waals surface area contributed by atoms with Gasteiger partial charge in [0, 0.05) is 26.2 Å². The van der Waals surface area contributed by atoms with Crippen molar-refractivity contribution in [3.63, 3.8) is 0 Å². The molecule has 5 heteroatoms. The van der Waals surface area contributed by atoms with Crippen molar-refractivity contribution in [3.05, 3.63) is 23.8 Å². The van der Waals surface area contributed by atoms with Crippen molar-refractivity contribution in [2.45, 2.75) is 40.2 Å². The fourth-order valence-corrected chi connectivity index (χ4v) is 3.54. The summed E-state index contributed by atoms with van der Waals surface area (Å²) in [7, 11) is 1.66. The van der Waals surface area contributed by atoms with Crippen LogP contribution < -0.4 is 9.47 Å². The highest BCUT2D eigenvalue weighted by molar-refractivity contribution is 5.79. The van der Waals surface area contributed by atoms with Crippen LogP contribution in [0, 0.1) is 5.92 Å². The number of ether oxygens (including phenoxy) is 2. The number of likely N-dealkylation sites (tertiary alicyclic amines) is 1. The molecule has 1 aromatic carbocycles. The second-order valence-electron chi connectivity index (χ2n) is 6.50. The lowest BCUT2D eigenvalue weighted by Crippen LogP contribution is -2.44. The topological polar surface area (TPSA) is 42.0 Å². The van der Waals surface area contributed by atoms with Gasteiger partial charge in [0.2, 0.25) is 5.91 Å². The van der Waals surface area contributed by atoms with Crippen molar-refractivity contribution in [1.82, 2.24) is 9.80 Å². The smallest absolute Gasteiger partial charge is 0.226 e. The van der Waals surface area contributed by atoms with E-state index in [0.717, 1.165) is 57.1 Å². The third-order valence-corrected chi connectivity index (χ3v) is 4.86. The van der Waals surface area contributed by atoms with E-state index in [1.54, 1.807) is 7.11 Å². The molecule has 0 aliphatic carbocycles. The zero-order chi connectivity index (χ0) is 18.2. The van der Waals surface area contributed by atoms with E-state index in [2.05, 4.69) is 30.9 Å². The molecule has 1 aromatic rings. The van der Waals surface area contributed by atoms with Gasteiger partial charge in [-0.3, -0.25) is 9.69 Å². The molecule has 140 valence electrons. The molecule has 2 rings (SSSR count). The Labute approximate surface area is 151 Å². The Balaban J connectivity index is 2.02. The molecule has 0 bridgehead atoms. The molecule has 1 aliphatic rings. The first-order valence-corrected chi connectivity index (χ1v) is 9.43. The molecule has 0 aromatic heterocycles. The number of methoxy groups -OCH3 is 1. The minimum Gasteiger partial charge on any atom is -0.493 e. The molecule has 1 aliphatic heterocycles. The molecular weight excluding hydrogens is 316 g/mol. The average molecular weight is 348 g/mol. The molecule has 0 spiro atoms. The summed E-state index contributed by atoms with van der Waals surface area (Å²) in [5.74, 6) is 1.98. The van der Waals surface area contributed by atoms with Crippen LogP contribution in [0.1, 0.15) is 39.2 Å². The van der Waals surface area contributed by atoms with E-state index in [4.69, 9.17) is 9.47 Å². The SMILES string of the molecule is CCOc1cc(CN2CCCC(C(=O)N(CC)CC)C2)ccc1OC. The Morgan fingerprint density at radius 3 is 2.64 bits per heavy atom. The van der Waals surface area contributed by atoms with Crippen LogP contribution in [0.25, 0.3) is 0 Å². The zero-order valence-corrected chi connectivity index (χ0v) is 16.1. The number of piperidine rings is 1. The lowest BCUT2D eigenvalue weighted by Gasteiger charge is -2.34. The van der Waals surface area contributed by atoms with Crippen molar-refractivity contribution in [3.8, 4) is 11.5 Å². The van der Waals surface area contributed by atoms with Gasteiger partial charge in [-0.2, -0.15) is 0 Å². The minimum absolute atomic E-state index is 0.123. The van der Waals surface area contributed by atoms with E-state index < -0.39 is 0 Å². The van der Waals surface area contributed by atoms with Crippen LogP contribution in [0.15, 0.2) is 18.2 Å². The largest absolute Gasteiger partial charge is 0.493 e. The summed E-state index contributed by atoms with van der Waals surface area (Å²) in [4.78, 5) is 17.0. The molecule has 25 heavy (non-hydrogen) atoms. The zero-order valence-electron chi connectivity index (χ0n) is 16.1. The normalized spacial score (nSPS) is 18.0. The van der Waals surface area contributed by atoms with E-state index in [-0.39, 0.29) is 5.92 Å². The lowest BCUT2D eigenvalue weighted by molar-refractivity contribution is -0.137. The third kappa shape index (κ3) is 5.11. The van der Waals surface area contributed by atoms with Crippen LogP contribution in [0.5, 0.6) is 11.5 Å². The molecular formula is C20H32N2O3. The monoisotopic (exact) mass is 348 g/mol. The molecule has 1 atom stereocenters. The first-order chi connectivity index (χ1) is 12.1. The van der Waals surface area contributed by atoms with Gasteiger partial charge >= 0.3 is 0 Å². The van der Waals surface area contributed by atoms with E-state index >= 15 is 0 Å². The van der Waals surface area contributed by atoms with Crippen LogP contribution >= 0.6 is 0 Å². The Kier molecular flexibility index (Phi) is 7.56. The highest BCUT2D eigenvalue weighted by Crippen LogP contribution is 2.29. The maximum Gasteiger partial charge on any atom is 0.226 e. The summed E-state index contributed by atoms with van der Waals surface area (Å²) >= 11 is 0. The Hall–Kier alpha value is -1.75. The summed E-state index contributed by atoms with van der Waals surface area (Å²) in [6.07, 6.45) is 2.07. The average Bonchev–Trinajstić information content (AvgIpc) is 2.63. The summed E-state index contributed by atoms with van der Waals surface area (Å²) in [6, 6.07) is 6.10. The lowest BCUT2D eigenvalue weighted by atomic mass is 9.96. The van der Waals surface area contributed by atoms with Crippen LogP contribution in [0.2, 0.25) is 0 Å². The van der Waals surface area contributed by atoms with Gasteiger partial charge in [0.15, 0.2) is 11.5 Å². The van der Waals surface area contributed by atoms with Crippen molar-refractivity contribution in [2.75, 3.05) is 39.9 Å². The Bertz CT molecular complexity index is 558. The second-order valence-corrected chi connectivity index (χ2v) is 6.50. The summed E-state index contributed by atoms with van der Waals surface area (Å²) < 4.78 is 11.0. The van der Waals surface area contributed by atoms with Gasteiger partial charge in [-0.25, -0.2) is 0 Å². The van der Waals surface area contributed by atoms with Crippen LogP contribution in [0.3, 0.4) is 0 Å². The van der Waals surface area contributed by atoms with Gasteiger partial charge in [-0.15, -0.1) is 0 Å². The molecule has 0 saturated carbocycles. The number of benzene rings is 1. The summed E-state index contributed by atoms with van der Waals surface area (Å²) in [6.45, 7) is 11.0. The molecule has 1 unspecified atom stereocenters. The molecule has 1 saturated heterocycles. The molecule has 0 N–H and O–H groups in total. The van der Waals surface area contributed by atoms with E-state index in [0.29, 0.717) is 12.5 Å². The number of hydrogen-bond donors (Lipinski definition) is 0. The third-order valence-electron chi connectivity index (χ3n) is 4.86. The van der Waals surface area contributed by atoms with Crippen LogP contribution in [0.4, 0.5) is 0 Å². The van der Waals surface area contributed by atoms with E-state index in [1.165, 1.54) is 5.56 Å².